The first-order valence-corrected chi connectivity index (χ1v) is 6.58. The van der Waals surface area contributed by atoms with E-state index in [9.17, 15) is 0 Å². The Bertz CT molecular complexity index is 484. The van der Waals surface area contributed by atoms with E-state index in [4.69, 9.17) is 0 Å². The number of hydrogen-bond donors (Lipinski definition) is 1. The summed E-state index contributed by atoms with van der Waals surface area (Å²) in [4.78, 5) is 8.51. The highest BCUT2D eigenvalue weighted by Crippen LogP contribution is 2.26. The molecule has 94 valence electrons. The number of nitrogens with zero attached hydrogens (tertiary/aromatic N) is 3. The van der Waals surface area contributed by atoms with Crippen molar-refractivity contribution in [2.75, 3.05) is 13.1 Å². The molecule has 4 nitrogen and oxygen atoms in total. The average molecular weight is 242 g/mol. The highest BCUT2D eigenvalue weighted by atomic mass is 15.1. The predicted molar refractivity (Wildman–Crippen MR) is 71.2 cm³/mol. The van der Waals surface area contributed by atoms with Gasteiger partial charge in [-0.15, -0.1) is 0 Å². The third-order valence-corrected chi connectivity index (χ3v) is 3.56. The first-order chi connectivity index (χ1) is 8.95. The molecule has 1 fully saturated rings. The molecule has 3 rings (SSSR count). The molecule has 1 aliphatic rings. The molecule has 0 bridgehead atoms. The van der Waals surface area contributed by atoms with E-state index in [-0.39, 0.29) is 0 Å². The van der Waals surface area contributed by atoms with Gasteiger partial charge in [-0.3, -0.25) is 4.98 Å². The molecule has 0 spiro atoms. The van der Waals surface area contributed by atoms with Gasteiger partial charge in [-0.05, 0) is 44.5 Å². The molecule has 3 heterocycles. The first kappa shape index (κ1) is 11.4. The summed E-state index contributed by atoms with van der Waals surface area (Å²) in [5.74, 6) is 0. The molecule has 18 heavy (non-hydrogen) atoms. The lowest BCUT2D eigenvalue weighted by Gasteiger charge is -2.18. The summed E-state index contributed by atoms with van der Waals surface area (Å²) in [6, 6.07) is 4.62. The standard InChI is InChI=1S/C14H18N4/c1-3-12(9-16-7-1)14-10-17-11-18(14)13-4-2-6-15-8-5-13/h1,3,7,9-11,13,15H,2,4-6,8H2. The van der Waals surface area contributed by atoms with Gasteiger partial charge in [-0.25, -0.2) is 4.98 Å². The van der Waals surface area contributed by atoms with E-state index in [1.54, 1.807) is 6.20 Å². The van der Waals surface area contributed by atoms with E-state index in [0.29, 0.717) is 6.04 Å². The fourth-order valence-corrected chi connectivity index (χ4v) is 2.61. The van der Waals surface area contributed by atoms with Crippen LogP contribution in [0.15, 0.2) is 37.1 Å². The van der Waals surface area contributed by atoms with Crippen LogP contribution in [-0.4, -0.2) is 27.6 Å². The molecule has 2 aromatic rings. The van der Waals surface area contributed by atoms with E-state index in [0.717, 1.165) is 18.7 Å². The minimum atomic E-state index is 0.553. The summed E-state index contributed by atoms with van der Waals surface area (Å²) in [5.41, 5.74) is 2.32. The molecule has 0 aliphatic carbocycles. The maximum atomic E-state index is 4.32. The summed E-state index contributed by atoms with van der Waals surface area (Å²) in [5, 5.41) is 3.45. The maximum absolute atomic E-state index is 4.32. The predicted octanol–water partition coefficient (Wildman–Crippen LogP) is 2.26. The van der Waals surface area contributed by atoms with Gasteiger partial charge in [0, 0.05) is 24.0 Å². The van der Waals surface area contributed by atoms with Crippen molar-refractivity contribution >= 4 is 0 Å². The Balaban J connectivity index is 1.91. The number of hydrogen-bond acceptors (Lipinski definition) is 3. The topological polar surface area (TPSA) is 42.7 Å². The van der Waals surface area contributed by atoms with Crippen LogP contribution in [0.5, 0.6) is 0 Å². The monoisotopic (exact) mass is 242 g/mol. The second-order valence-electron chi connectivity index (χ2n) is 4.76. The number of rotatable bonds is 2. The smallest absolute Gasteiger partial charge is 0.0953 e. The van der Waals surface area contributed by atoms with Crippen LogP contribution in [0.1, 0.15) is 25.3 Å². The Labute approximate surface area is 107 Å². The lowest BCUT2D eigenvalue weighted by atomic mass is 10.1. The van der Waals surface area contributed by atoms with E-state index in [2.05, 4.69) is 25.9 Å². The minimum absolute atomic E-state index is 0.553. The molecule has 1 N–H and O–H groups in total. The van der Waals surface area contributed by atoms with Crippen LogP contribution in [0.4, 0.5) is 0 Å². The van der Waals surface area contributed by atoms with Crippen LogP contribution >= 0.6 is 0 Å². The fourth-order valence-electron chi connectivity index (χ4n) is 2.61. The largest absolute Gasteiger partial charge is 0.327 e. The van der Waals surface area contributed by atoms with Gasteiger partial charge in [-0.2, -0.15) is 0 Å². The van der Waals surface area contributed by atoms with Gasteiger partial charge in [0.25, 0.3) is 0 Å². The lowest BCUT2D eigenvalue weighted by Crippen LogP contribution is -2.15. The second kappa shape index (κ2) is 5.31. The van der Waals surface area contributed by atoms with Crippen LogP contribution < -0.4 is 5.32 Å². The van der Waals surface area contributed by atoms with Gasteiger partial charge >= 0.3 is 0 Å². The summed E-state index contributed by atoms with van der Waals surface area (Å²) < 4.78 is 2.31. The van der Waals surface area contributed by atoms with Crippen LogP contribution in [0.2, 0.25) is 0 Å². The van der Waals surface area contributed by atoms with Crippen molar-refractivity contribution in [1.82, 2.24) is 19.9 Å². The summed E-state index contributed by atoms with van der Waals surface area (Å²) in [6.45, 7) is 2.22. The highest BCUT2D eigenvalue weighted by molar-refractivity contribution is 5.57. The first-order valence-electron chi connectivity index (χ1n) is 6.58. The van der Waals surface area contributed by atoms with Crippen molar-refractivity contribution < 1.29 is 0 Å². The van der Waals surface area contributed by atoms with Crippen LogP contribution in [-0.2, 0) is 0 Å². The van der Waals surface area contributed by atoms with Gasteiger partial charge in [0.15, 0.2) is 0 Å². The highest BCUT2D eigenvalue weighted by Gasteiger charge is 2.16. The number of nitrogens with one attached hydrogen (secondary N) is 1. The SMILES string of the molecule is c1cncc(-c2cncn2C2CCCNCC2)c1. The molecular formula is C14H18N4. The normalized spacial score (nSPS) is 20.6. The van der Waals surface area contributed by atoms with Crippen molar-refractivity contribution in [2.45, 2.75) is 25.3 Å². The molecule has 4 heteroatoms. The zero-order valence-corrected chi connectivity index (χ0v) is 10.4. The van der Waals surface area contributed by atoms with Crippen LogP contribution in [0.3, 0.4) is 0 Å². The third kappa shape index (κ3) is 2.29. The maximum Gasteiger partial charge on any atom is 0.0953 e. The summed E-state index contributed by atoms with van der Waals surface area (Å²) in [7, 11) is 0. The number of aromatic nitrogens is 3. The molecule has 1 atom stereocenters. The van der Waals surface area contributed by atoms with E-state index >= 15 is 0 Å². The summed E-state index contributed by atoms with van der Waals surface area (Å²) in [6.07, 6.45) is 11.2. The Morgan fingerprint density at radius 2 is 2.17 bits per heavy atom. The Morgan fingerprint density at radius 1 is 1.17 bits per heavy atom. The van der Waals surface area contributed by atoms with Gasteiger partial charge in [0.2, 0.25) is 0 Å². The Hall–Kier alpha value is -1.68. The third-order valence-electron chi connectivity index (χ3n) is 3.56. The molecule has 0 radical (unpaired) electrons. The van der Waals surface area contributed by atoms with E-state index in [1.165, 1.54) is 25.0 Å². The van der Waals surface area contributed by atoms with Crippen molar-refractivity contribution in [3.63, 3.8) is 0 Å². The molecular weight excluding hydrogens is 224 g/mol. The number of pyridine rings is 1. The van der Waals surface area contributed by atoms with Crippen LogP contribution in [0, 0.1) is 0 Å². The molecule has 2 aromatic heterocycles. The zero-order chi connectivity index (χ0) is 12.2. The lowest BCUT2D eigenvalue weighted by molar-refractivity contribution is 0.457. The van der Waals surface area contributed by atoms with Crippen LogP contribution in [0.25, 0.3) is 11.3 Å². The van der Waals surface area contributed by atoms with Crippen molar-refractivity contribution in [3.05, 3.63) is 37.1 Å². The van der Waals surface area contributed by atoms with Gasteiger partial charge in [0.05, 0.1) is 18.2 Å². The van der Waals surface area contributed by atoms with Gasteiger partial charge in [-0.1, -0.05) is 0 Å². The Morgan fingerprint density at radius 3 is 3.06 bits per heavy atom. The Kier molecular flexibility index (Phi) is 3.37. The van der Waals surface area contributed by atoms with E-state index in [1.807, 2.05) is 24.8 Å². The fraction of sp³-hybridized carbons (Fsp3) is 0.429. The molecule has 1 saturated heterocycles. The minimum Gasteiger partial charge on any atom is -0.327 e. The second-order valence-corrected chi connectivity index (χ2v) is 4.76. The van der Waals surface area contributed by atoms with Gasteiger partial charge < -0.3 is 9.88 Å². The van der Waals surface area contributed by atoms with Crippen molar-refractivity contribution in [2.24, 2.45) is 0 Å². The zero-order valence-electron chi connectivity index (χ0n) is 10.4. The van der Waals surface area contributed by atoms with Gasteiger partial charge in [0.1, 0.15) is 0 Å². The van der Waals surface area contributed by atoms with Crippen molar-refractivity contribution in [1.29, 1.82) is 0 Å². The molecule has 0 saturated carbocycles. The molecule has 0 aromatic carbocycles. The quantitative estimate of drug-likeness (QED) is 0.878. The van der Waals surface area contributed by atoms with Crippen molar-refractivity contribution in [3.8, 4) is 11.3 Å². The average Bonchev–Trinajstić information content (AvgIpc) is 2.75. The number of imidazole rings is 1. The van der Waals surface area contributed by atoms with E-state index < -0.39 is 0 Å². The molecule has 0 amide bonds. The molecule has 1 aliphatic heterocycles. The summed E-state index contributed by atoms with van der Waals surface area (Å²) >= 11 is 0. The molecule has 1 unspecified atom stereocenters.